The Morgan fingerprint density at radius 1 is 1.33 bits per heavy atom. The number of nitrogens with two attached hydrogens (primary N) is 1. The fraction of sp³-hybridized carbons (Fsp3) is 0.250. The number of carbonyl (C=O) groups excluding carboxylic acids is 1. The molecule has 0 atom stereocenters. The minimum Gasteiger partial charge on any atom is -0.399 e. The summed E-state index contributed by atoms with van der Waals surface area (Å²) in [6.45, 7) is 4.45. The van der Waals surface area contributed by atoms with Crippen LogP contribution in [0.5, 0.6) is 0 Å². The molecule has 0 bridgehead atoms. The van der Waals surface area contributed by atoms with Crippen LogP contribution in [0.2, 0.25) is 0 Å². The van der Waals surface area contributed by atoms with Crippen LogP contribution in [0.3, 0.4) is 0 Å². The van der Waals surface area contributed by atoms with Crippen molar-refractivity contribution in [3.8, 4) is 0 Å². The van der Waals surface area contributed by atoms with E-state index in [1.165, 1.54) is 0 Å². The summed E-state index contributed by atoms with van der Waals surface area (Å²) in [4.78, 5) is 18.8. The molecule has 0 aliphatic carbocycles. The second kappa shape index (κ2) is 6.72. The normalized spacial score (nSPS) is 10.7. The molecule has 0 unspecified atom stereocenters. The van der Waals surface area contributed by atoms with Gasteiger partial charge in [-0.25, -0.2) is 0 Å². The Bertz CT molecular complexity index is 608. The second-order valence-electron chi connectivity index (χ2n) is 5.12. The summed E-state index contributed by atoms with van der Waals surface area (Å²) >= 11 is 3.37. The third-order valence-electron chi connectivity index (χ3n) is 3.11. The van der Waals surface area contributed by atoms with Crippen molar-refractivity contribution in [2.45, 2.75) is 26.4 Å². The average molecular weight is 348 g/mol. The average Bonchev–Trinajstić information content (AvgIpc) is 2.44. The fourth-order valence-electron chi connectivity index (χ4n) is 2.06. The number of benzene rings is 1. The molecule has 4 nitrogen and oxygen atoms in total. The largest absolute Gasteiger partial charge is 0.399 e. The summed E-state index contributed by atoms with van der Waals surface area (Å²) in [6, 6.07) is 11.0. The van der Waals surface area contributed by atoms with E-state index >= 15 is 0 Å². The van der Waals surface area contributed by atoms with Crippen LogP contribution in [0.4, 0.5) is 5.69 Å². The van der Waals surface area contributed by atoms with Gasteiger partial charge in [-0.2, -0.15) is 0 Å². The SMILES string of the molecule is CC(C)N(Cc1ccccn1)C(=O)c1cc(N)cc(Br)c1. The van der Waals surface area contributed by atoms with Crippen molar-refractivity contribution < 1.29 is 4.79 Å². The van der Waals surface area contributed by atoms with Crippen molar-refractivity contribution in [1.82, 2.24) is 9.88 Å². The quantitative estimate of drug-likeness (QED) is 0.861. The number of hydrogen-bond acceptors (Lipinski definition) is 3. The molecule has 5 heteroatoms. The van der Waals surface area contributed by atoms with Crippen LogP contribution in [0, 0.1) is 0 Å². The monoisotopic (exact) mass is 347 g/mol. The molecule has 0 saturated heterocycles. The van der Waals surface area contributed by atoms with Crippen molar-refractivity contribution in [1.29, 1.82) is 0 Å². The van der Waals surface area contributed by atoms with E-state index in [1.807, 2.05) is 32.0 Å². The summed E-state index contributed by atoms with van der Waals surface area (Å²) in [6.07, 6.45) is 1.73. The number of aromatic nitrogens is 1. The van der Waals surface area contributed by atoms with Gasteiger partial charge in [-0.1, -0.05) is 22.0 Å². The van der Waals surface area contributed by atoms with Gasteiger partial charge in [0.25, 0.3) is 5.91 Å². The Balaban J connectivity index is 2.27. The zero-order chi connectivity index (χ0) is 15.4. The third-order valence-corrected chi connectivity index (χ3v) is 3.57. The van der Waals surface area contributed by atoms with E-state index in [0.29, 0.717) is 17.8 Å². The minimum absolute atomic E-state index is 0.0522. The molecule has 0 aliphatic heterocycles. The van der Waals surface area contributed by atoms with Gasteiger partial charge in [0.1, 0.15) is 0 Å². The maximum absolute atomic E-state index is 12.7. The predicted octanol–water partition coefficient (Wildman–Crippen LogP) is 3.48. The van der Waals surface area contributed by atoms with Gasteiger partial charge in [-0.05, 0) is 44.2 Å². The van der Waals surface area contributed by atoms with Crippen LogP contribution in [0.15, 0.2) is 47.1 Å². The molecule has 0 aliphatic rings. The molecule has 110 valence electrons. The molecule has 1 amide bonds. The lowest BCUT2D eigenvalue weighted by Gasteiger charge is -2.26. The van der Waals surface area contributed by atoms with Crippen LogP contribution in [-0.4, -0.2) is 21.8 Å². The molecule has 0 spiro atoms. The first-order valence-electron chi connectivity index (χ1n) is 6.74. The Morgan fingerprint density at radius 2 is 2.10 bits per heavy atom. The number of anilines is 1. The summed E-state index contributed by atoms with van der Waals surface area (Å²) in [5, 5.41) is 0. The van der Waals surface area contributed by atoms with Crippen LogP contribution in [-0.2, 0) is 6.54 Å². The van der Waals surface area contributed by atoms with Gasteiger partial charge in [0.15, 0.2) is 0 Å². The van der Waals surface area contributed by atoms with E-state index in [2.05, 4.69) is 20.9 Å². The van der Waals surface area contributed by atoms with E-state index in [-0.39, 0.29) is 11.9 Å². The van der Waals surface area contributed by atoms with E-state index in [0.717, 1.165) is 10.2 Å². The number of amides is 1. The first-order chi connectivity index (χ1) is 9.97. The number of pyridine rings is 1. The van der Waals surface area contributed by atoms with E-state index in [1.54, 1.807) is 29.3 Å². The third kappa shape index (κ3) is 4.04. The molecule has 1 aromatic heterocycles. The molecule has 0 radical (unpaired) electrons. The molecule has 21 heavy (non-hydrogen) atoms. The zero-order valence-corrected chi connectivity index (χ0v) is 13.7. The van der Waals surface area contributed by atoms with Crippen LogP contribution >= 0.6 is 15.9 Å². The minimum atomic E-state index is -0.0522. The zero-order valence-electron chi connectivity index (χ0n) is 12.1. The smallest absolute Gasteiger partial charge is 0.254 e. The molecule has 0 saturated carbocycles. The first kappa shape index (κ1) is 15.5. The van der Waals surface area contributed by atoms with Crippen molar-refractivity contribution in [3.05, 3.63) is 58.3 Å². The number of rotatable bonds is 4. The van der Waals surface area contributed by atoms with Crippen LogP contribution in [0.1, 0.15) is 29.9 Å². The van der Waals surface area contributed by atoms with Gasteiger partial charge in [0, 0.05) is 28.0 Å². The summed E-state index contributed by atoms with van der Waals surface area (Å²) in [5.41, 5.74) is 7.82. The molecule has 1 aromatic carbocycles. The fourth-order valence-corrected chi connectivity index (χ4v) is 2.57. The van der Waals surface area contributed by atoms with Gasteiger partial charge >= 0.3 is 0 Å². The number of halogens is 1. The number of nitrogens with zero attached hydrogens (tertiary/aromatic N) is 2. The highest BCUT2D eigenvalue weighted by molar-refractivity contribution is 9.10. The lowest BCUT2D eigenvalue weighted by molar-refractivity contribution is 0.0688. The maximum atomic E-state index is 12.7. The summed E-state index contributed by atoms with van der Waals surface area (Å²) in [5.74, 6) is -0.0522. The predicted molar refractivity (Wildman–Crippen MR) is 87.8 cm³/mol. The van der Waals surface area contributed by atoms with Crippen molar-refractivity contribution in [3.63, 3.8) is 0 Å². The Labute approximate surface area is 133 Å². The number of carbonyl (C=O) groups is 1. The van der Waals surface area contributed by atoms with Gasteiger partial charge < -0.3 is 10.6 Å². The van der Waals surface area contributed by atoms with Crippen molar-refractivity contribution in [2.75, 3.05) is 5.73 Å². The highest BCUT2D eigenvalue weighted by atomic mass is 79.9. The Kier molecular flexibility index (Phi) is 4.96. The number of hydrogen-bond donors (Lipinski definition) is 1. The molecule has 0 fully saturated rings. The second-order valence-corrected chi connectivity index (χ2v) is 6.04. The topological polar surface area (TPSA) is 59.2 Å². The molecule has 1 heterocycles. The Morgan fingerprint density at radius 3 is 2.67 bits per heavy atom. The molecule has 2 aromatic rings. The van der Waals surface area contributed by atoms with Crippen molar-refractivity contribution >= 4 is 27.5 Å². The van der Waals surface area contributed by atoms with Gasteiger partial charge in [-0.15, -0.1) is 0 Å². The van der Waals surface area contributed by atoms with Crippen molar-refractivity contribution in [2.24, 2.45) is 0 Å². The van der Waals surface area contributed by atoms with E-state index in [4.69, 9.17) is 5.73 Å². The van der Waals surface area contributed by atoms with Gasteiger partial charge in [0.05, 0.1) is 12.2 Å². The molecular formula is C16H18BrN3O. The lowest BCUT2D eigenvalue weighted by Crippen LogP contribution is -2.36. The summed E-state index contributed by atoms with van der Waals surface area (Å²) in [7, 11) is 0. The Hall–Kier alpha value is -1.88. The molecule has 2 N–H and O–H groups in total. The highest BCUT2D eigenvalue weighted by Crippen LogP contribution is 2.20. The first-order valence-corrected chi connectivity index (χ1v) is 7.53. The maximum Gasteiger partial charge on any atom is 0.254 e. The van der Waals surface area contributed by atoms with E-state index < -0.39 is 0 Å². The van der Waals surface area contributed by atoms with Crippen LogP contribution < -0.4 is 5.73 Å². The standard InChI is InChI=1S/C16H18BrN3O/c1-11(2)20(10-15-5-3-4-6-19-15)16(21)12-7-13(17)9-14(18)8-12/h3-9,11H,10,18H2,1-2H3. The lowest BCUT2D eigenvalue weighted by atomic mass is 10.1. The highest BCUT2D eigenvalue weighted by Gasteiger charge is 2.20. The van der Waals surface area contributed by atoms with E-state index in [9.17, 15) is 4.79 Å². The van der Waals surface area contributed by atoms with Crippen LogP contribution in [0.25, 0.3) is 0 Å². The molecule has 2 rings (SSSR count). The van der Waals surface area contributed by atoms with Gasteiger partial charge in [0.2, 0.25) is 0 Å². The van der Waals surface area contributed by atoms with Gasteiger partial charge in [-0.3, -0.25) is 9.78 Å². The molecular weight excluding hydrogens is 330 g/mol. The summed E-state index contributed by atoms with van der Waals surface area (Å²) < 4.78 is 0.799. The number of nitrogen functional groups attached to an aromatic ring is 1.